The molecular formula is C20H21N3O5. The van der Waals surface area contributed by atoms with Gasteiger partial charge in [-0.15, -0.1) is 0 Å². The summed E-state index contributed by atoms with van der Waals surface area (Å²) in [7, 11) is 0. The first-order valence-electron chi connectivity index (χ1n) is 9.15. The van der Waals surface area contributed by atoms with Crippen molar-refractivity contribution in [1.82, 2.24) is 15.0 Å². The van der Waals surface area contributed by atoms with Gasteiger partial charge in [0.1, 0.15) is 0 Å². The van der Waals surface area contributed by atoms with E-state index in [1.807, 2.05) is 18.2 Å². The van der Waals surface area contributed by atoms with Gasteiger partial charge in [0, 0.05) is 25.1 Å². The monoisotopic (exact) mass is 383 g/mol. The van der Waals surface area contributed by atoms with E-state index in [2.05, 4.69) is 24.0 Å². The third kappa shape index (κ3) is 3.85. The van der Waals surface area contributed by atoms with Crippen LogP contribution >= 0.6 is 0 Å². The van der Waals surface area contributed by atoms with Crippen molar-refractivity contribution >= 4 is 5.91 Å². The van der Waals surface area contributed by atoms with Gasteiger partial charge in [-0.3, -0.25) is 4.79 Å². The van der Waals surface area contributed by atoms with Crippen LogP contribution in [0.1, 0.15) is 30.3 Å². The molecule has 1 amide bonds. The lowest BCUT2D eigenvalue weighted by molar-refractivity contribution is 0.0702. The molecule has 0 unspecified atom stereocenters. The van der Waals surface area contributed by atoms with Crippen LogP contribution in [0.3, 0.4) is 0 Å². The highest BCUT2D eigenvalue weighted by Gasteiger charge is 2.21. The number of ether oxygens (including phenoxy) is 2. The second-order valence-corrected chi connectivity index (χ2v) is 6.95. The van der Waals surface area contributed by atoms with Gasteiger partial charge in [-0.05, 0) is 36.2 Å². The van der Waals surface area contributed by atoms with Crippen LogP contribution in [0.4, 0.5) is 0 Å². The minimum Gasteiger partial charge on any atom is -0.459 e. The SMILES string of the molecule is CC(C)CN(CCc1nc(-c2ccc3c(c2)OCO3)no1)C(=O)c1ccco1. The maximum absolute atomic E-state index is 12.6. The summed E-state index contributed by atoms with van der Waals surface area (Å²) in [6.07, 6.45) is 1.95. The number of rotatable bonds is 7. The fourth-order valence-corrected chi connectivity index (χ4v) is 3.01. The second-order valence-electron chi connectivity index (χ2n) is 6.95. The third-order valence-corrected chi connectivity index (χ3v) is 4.30. The van der Waals surface area contributed by atoms with Crippen molar-refractivity contribution in [1.29, 1.82) is 0 Å². The summed E-state index contributed by atoms with van der Waals surface area (Å²) in [5.41, 5.74) is 0.782. The Kier molecular flexibility index (Phi) is 5.01. The summed E-state index contributed by atoms with van der Waals surface area (Å²) >= 11 is 0. The van der Waals surface area contributed by atoms with Crippen molar-refractivity contribution in [2.75, 3.05) is 19.9 Å². The van der Waals surface area contributed by atoms with Gasteiger partial charge < -0.3 is 23.3 Å². The normalized spacial score (nSPS) is 12.5. The van der Waals surface area contributed by atoms with Gasteiger partial charge in [-0.2, -0.15) is 4.98 Å². The van der Waals surface area contributed by atoms with Gasteiger partial charge in [-0.25, -0.2) is 0 Å². The first kappa shape index (κ1) is 18.1. The standard InChI is InChI=1S/C20H21N3O5/c1-13(2)11-23(20(24)16-4-3-9-25-16)8-7-18-21-19(22-28-18)14-5-6-15-17(10-14)27-12-26-15/h3-6,9-10,13H,7-8,11-12H2,1-2H3. The molecular weight excluding hydrogens is 362 g/mol. The molecule has 3 aromatic rings. The molecule has 1 aliphatic rings. The Balaban J connectivity index is 1.44. The van der Waals surface area contributed by atoms with Crippen LogP contribution in [0.2, 0.25) is 0 Å². The minimum absolute atomic E-state index is 0.144. The lowest BCUT2D eigenvalue weighted by atomic mass is 10.2. The highest BCUT2D eigenvalue weighted by atomic mass is 16.7. The summed E-state index contributed by atoms with van der Waals surface area (Å²) in [4.78, 5) is 18.8. The Labute approximate surface area is 162 Å². The molecule has 4 rings (SSSR count). The number of fused-ring (bicyclic) bond motifs is 1. The van der Waals surface area contributed by atoms with E-state index in [-0.39, 0.29) is 12.7 Å². The van der Waals surface area contributed by atoms with Crippen LogP contribution < -0.4 is 9.47 Å². The predicted molar refractivity (Wildman–Crippen MR) is 99.0 cm³/mol. The summed E-state index contributed by atoms with van der Waals surface area (Å²) in [6.45, 7) is 5.41. The van der Waals surface area contributed by atoms with Crippen molar-refractivity contribution in [3.8, 4) is 22.9 Å². The number of carbonyl (C=O) groups is 1. The van der Waals surface area contributed by atoms with Crippen molar-refractivity contribution in [3.05, 3.63) is 48.2 Å². The zero-order valence-corrected chi connectivity index (χ0v) is 15.8. The van der Waals surface area contributed by atoms with E-state index in [1.165, 1.54) is 6.26 Å². The maximum Gasteiger partial charge on any atom is 0.289 e. The zero-order chi connectivity index (χ0) is 19.5. The number of amides is 1. The molecule has 0 saturated carbocycles. The summed E-state index contributed by atoms with van der Waals surface area (Å²) in [5, 5.41) is 4.04. The Bertz CT molecular complexity index is 949. The molecule has 1 aliphatic heterocycles. The van der Waals surface area contributed by atoms with Gasteiger partial charge >= 0.3 is 0 Å². The molecule has 0 spiro atoms. The first-order valence-corrected chi connectivity index (χ1v) is 9.15. The molecule has 0 radical (unpaired) electrons. The van der Waals surface area contributed by atoms with E-state index in [1.54, 1.807) is 17.0 Å². The molecule has 0 N–H and O–H groups in total. The number of hydrogen-bond donors (Lipinski definition) is 0. The van der Waals surface area contributed by atoms with Crippen molar-refractivity contribution in [2.45, 2.75) is 20.3 Å². The van der Waals surface area contributed by atoms with Crippen LogP contribution in [-0.2, 0) is 6.42 Å². The molecule has 3 heterocycles. The number of aromatic nitrogens is 2. The number of furan rings is 1. The number of hydrogen-bond acceptors (Lipinski definition) is 7. The maximum atomic E-state index is 12.6. The summed E-state index contributed by atoms with van der Waals surface area (Å²) in [6, 6.07) is 8.87. The highest BCUT2D eigenvalue weighted by molar-refractivity contribution is 5.91. The van der Waals surface area contributed by atoms with Gasteiger partial charge in [0.15, 0.2) is 17.3 Å². The van der Waals surface area contributed by atoms with Gasteiger partial charge in [-0.1, -0.05) is 19.0 Å². The molecule has 146 valence electrons. The van der Waals surface area contributed by atoms with Crippen LogP contribution in [0.5, 0.6) is 11.5 Å². The zero-order valence-electron chi connectivity index (χ0n) is 15.8. The van der Waals surface area contributed by atoms with E-state index in [0.29, 0.717) is 54.4 Å². The lowest BCUT2D eigenvalue weighted by Crippen LogP contribution is -2.35. The van der Waals surface area contributed by atoms with E-state index < -0.39 is 0 Å². The largest absolute Gasteiger partial charge is 0.459 e. The fraction of sp³-hybridized carbons (Fsp3) is 0.350. The molecule has 8 heteroatoms. The Morgan fingerprint density at radius 2 is 2.07 bits per heavy atom. The molecule has 28 heavy (non-hydrogen) atoms. The van der Waals surface area contributed by atoms with Gasteiger partial charge in [0.25, 0.3) is 5.91 Å². The third-order valence-electron chi connectivity index (χ3n) is 4.30. The van der Waals surface area contributed by atoms with Crippen molar-refractivity contribution < 1.29 is 23.2 Å². The molecule has 1 aromatic carbocycles. The van der Waals surface area contributed by atoms with Crippen molar-refractivity contribution in [2.24, 2.45) is 5.92 Å². The average molecular weight is 383 g/mol. The predicted octanol–water partition coefficient (Wildman–Crippen LogP) is 3.40. The molecule has 2 aromatic heterocycles. The molecule has 0 aliphatic carbocycles. The fourth-order valence-electron chi connectivity index (χ4n) is 3.01. The highest BCUT2D eigenvalue weighted by Crippen LogP contribution is 2.35. The Morgan fingerprint density at radius 3 is 2.86 bits per heavy atom. The van der Waals surface area contributed by atoms with Crippen LogP contribution in [0.15, 0.2) is 45.5 Å². The summed E-state index contributed by atoms with van der Waals surface area (Å²) in [5.74, 6) is 2.81. The second kappa shape index (κ2) is 7.75. The van der Waals surface area contributed by atoms with E-state index in [9.17, 15) is 4.79 Å². The molecule has 8 nitrogen and oxygen atoms in total. The minimum atomic E-state index is -0.144. The number of carbonyl (C=O) groups excluding carboxylic acids is 1. The van der Waals surface area contributed by atoms with E-state index in [0.717, 1.165) is 5.56 Å². The molecule has 0 saturated heterocycles. The van der Waals surface area contributed by atoms with Gasteiger partial charge in [0.05, 0.1) is 6.26 Å². The van der Waals surface area contributed by atoms with Crippen molar-refractivity contribution in [3.63, 3.8) is 0 Å². The molecule has 0 atom stereocenters. The van der Waals surface area contributed by atoms with Crippen LogP contribution in [0.25, 0.3) is 11.4 Å². The number of nitrogens with zero attached hydrogens (tertiary/aromatic N) is 3. The Morgan fingerprint density at radius 1 is 1.21 bits per heavy atom. The quantitative estimate of drug-likeness (QED) is 0.617. The van der Waals surface area contributed by atoms with Gasteiger partial charge in [0.2, 0.25) is 18.5 Å². The number of benzene rings is 1. The summed E-state index contributed by atoms with van der Waals surface area (Å²) < 4.78 is 21.3. The van der Waals surface area contributed by atoms with E-state index >= 15 is 0 Å². The molecule has 0 fully saturated rings. The van der Waals surface area contributed by atoms with Crippen LogP contribution in [0, 0.1) is 5.92 Å². The first-order chi connectivity index (χ1) is 13.6. The topological polar surface area (TPSA) is 90.8 Å². The Hall–Kier alpha value is -3.29. The van der Waals surface area contributed by atoms with Crippen LogP contribution in [-0.4, -0.2) is 40.8 Å². The lowest BCUT2D eigenvalue weighted by Gasteiger charge is -2.22. The smallest absolute Gasteiger partial charge is 0.289 e. The molecule has 0 bridgehead atoms. The van der Waals surface area contributed by atoms with E-state index in [4.69, 9.17) is 18.4 Å². The average Bonchev–Trinajstić information content (AvgIpc) is 3.45.